The Kier molecular flexibility index (Phi) is 3.71. The summed E-state index contributed by atoms with van der Waals surface area (Å²) in [6.07, 6.45) is 0. The third-order valence-corrected chi connectivity index (χ3v) is 8.97. The molecule has 0 radical (unpaired) electrons. The summed E-state index contributed by atoms with van der Waals surface area (Å²) in [4.78, 5) is 2.44. The van der Waals surface area contributed by atoms with Crippen molar-refractivity contribution >= 4 is 27.2 Å². The van der Waals surface area contributed by atoms with Crippen LogP contribution in [-0.4, -0.2) is 20.2 Å². The van der Waals surface area contributed by atoms with Crippen LogP contribution in [0.3, 0.4) is 0 Å². The van der Waals surface area contributed by atoms with Crippen LogP contribution in [0, 0.1) is 13.8 Å². The van der Waals surface area contributed by atoms with Gasteiger partial charge in [-0.15, -0.1) is 0 Å². The molecule has 0 aromatic heterocycles. The first-order chi connectivity index (χ1) is 7.66. The Hall–Kier alpha value is -0.742. The average molecular weight is 319 g/mol. The topological polar surface area (TPSA) is 0 Å². The second kappa shape index (κ2) is 5.06. The number of rotatable bonds is 2. The predicted octanol–water partition coefficient (Wildman–Crippen LogP) is 2.54. The molecule has 0 fully saturated rings. The molecule has 0 heterocycles. The molecule has 1 heteroatoms. The normalized spacial score (nSPS) is 10.8. The fourth-order valence-corrected chi connectivity index (χ4v) is 5.94. The van der Waals surface area contributed by atoms with Crippen molar-refractivity contribution in [2.45, 2.75) is 18.7 Å². The van der Waals surface area contributed by atoms with Crippen LogP contribution >= 0.6 is 0 Å². The van der Waals surface area contributed by atoms with E-state index in [-0.39, 0.29) is 0 Å². The fourth-order valence-electron chi connectivity index (χ4n) is 1.69. The van der Waals surface area contributed by atoms with Gasteiger partial charge in [-0.3, -0.25) is 0 Å². The summed E-state index contributed by atoms with van der Waals surface area (Å²) >= 11 is -1.42. The standard InChI is InChI=1S/2C7H7.CH3.Sb/c2*1-7-5-3-2-4-6-7;;/h2*3-6H,1H3;1H3;. The van der Waals surface area contributed by atoms with E-state index in [4.69, 9.17) is 0 Å². The second-order valence-electron chi connectivity index (χ2n) is 4.23. The monoisotopic (exact) mass is 318 g/mol. The summed E-state index contributed by atoms with van der Waals surface area (Å²) in [6.45, 7) is 4.29. The van der Waals surface area contributed by atoms with Gasteiger partial charge in [0.15, 0.2) is 0 Å². The summed E-state index contributed by atoms with van der Waals surface area (Å²) in [6, 6.07) is 18.1. The first-order valence-electron chi connectivity index (χ1n) is 5.54. The van der Waals surface area contributed by atoms with Crippen LogP contribution in [0.2, 0.25) is 4.87 Å². The van der Waals surface area contributed by atoms with E-state index in [0.29, 0.717) is 0 Å². The van der Waals surface area contributed by atoms with Crippen LogP contribution in [0.15, 0.2) is 48.5 Å². The molecule has 0 saturated carbocycles. The van der Waals surface area contributed by atoms with E-state index in [9.17, 15) is 0 Å². The van der Waals surface area contributed by atoms with Gasteiger partial charge in [0.2, 0.25) is 0 Å². The van der Waals surface area contributed by atoms with Gasteiger partial charge in [0, 0.05) is 0 Å². The maximum absolute atomic E-state index is 2.44. The maximum atomic E-state index is 2.44. The van der Waals surface area contributed by atoms with Crippen LogP contribution < -0.4 is 7.02 Å². The zero-order valence-corrected chi connectivity index (χ0v) is 12.6. The Morgan fingerprint density at radius 1 is 0.625 bits per heavy atom. The van der Waals surface area contributed by atoms with E-state index in [2.05, 4.69) is 67.2 Å². The van der Waals surface area contributed by atoms with Crippen molar-refractivity contribution in [3.05, 3.63) is 59.7 Å². The molecule has 0 bridgehead atoms. The summed E-state index contributed by atoms with van der Waals surface area (Å²) in [7, 11) is 0. The van der Waals surface area contributed by atoms with Crippen molar-refractivity contribution in [3.63, 3.8) is 0 Å². The van der Waals surface area contributed by atoms with E-state index < -0.39 is 20.2 Å². The third-order valence-electron chi connectivity index (χ3n) is 2.84. The Labute approximate surface area is 105 Å². The first kappa shape index (κ1) is 11.7. The zero-order chi connectivity index (χ0) is 11.5. The van der Waals surface area contributed by atoms with Crippen LogP contribution in [-0.2, 0) is 0 Å². The molecule has 2 rings (SSSR count). The Morgan fingerprint density at radius 2 is 0.938 bits per heavy atom. The number of hydrogen-bond donors (Lipinski definition) is 0. The molecule has 82 valence electrons. The first-order valence-corrected chi connectivity index (χ1v) is 10.6. The Balaban J connectivity index is 2.28. The van der Waals surface area contributed by atoms with Crippen molar-refractivity contribution in [2.75, 3.05) is 0 Å². The van der Waals surface area contributed by atoms with Crippen molar-refractivity contribution in [3.8, 4) is 0 Å². The van der Waals surface area contributed by atoms with Gasteiger partial charge in [0.05, 0.1) is 0 Å². The molecular formula is C15H17Sb. The van der Waals surface area contributed by atoms with E-state index >= 15 is 0 Å². The van der Waals surface area contributed by atoms with Crippen molar-refractivity contribution in [2.24, 2.45) is 0 Å². The molecule has 0 aliphatic carbocycles. The van der Waals surface area contributed by atoms with Gasteiger partial charge in [-0.2, -0.15) is 0 Å². The van der Waals surface area contributed by atoms with Crippen molar-refractivity contribution in [1.29, 1.82) is 0 Å². The van der Waals surface area contributed by atoms with Gasteiger partial charge in [0.1, 0.15) is 0 Å². The number of aryl methyl sites for hydroxylation is 2. The van der Waals surface area contributed by atoms with Gasteiger partial charge in [-0.05, 0) is 0 Å². The molecule has 0 unspecified atom stereocenters. The molecular weight excluding hydrogens is 302 g/mol. The van der Waals surface area contributed by atoms with Crippen LogP contribution in [0.25, 0.3) is 0 Å². The summed E-state index contributed by atoms with van der Waals surface area (Å²) in [5, 5.41) is 0. The zero-order valence-electron chi connectivity index (χ0n) is 10.1. The molecule has 0 nitrogen and oxygen atoms in total. The molecule has 0 N–H and O–H groups in total. The SMILES string of the molecule is Cc1cc[c]([Sb]([CH3])[c]2ccc(C)cc2)cc1. The van der Waals surface area contributed by atoms with Gasteiger partial charge in [-0.1, -0.05) is 0 Å². The van der Waals surface area contributed by atoms with Crippen LogP contribution in [0.5, 0.6) is 0 Å². The number of benzene rings is 2. The minimum atomic E-state index is -1.42. The Bertz CT molecular complexity index is 408. The van der Waals surface area contributed by atoms with Crippen molar-refractivity contribution in [1.82, 2.24) is 0 Å². The third kappa shape index (κ3) is 2.68. The summed E-state index contributed by atoms with van der Waals surface area (Å²) < 4.78 is 3.13. The Morgan fingerprint density at radius 3 is 1.25 bits per heavy atom. The van der Waals surface area contributed by atoms with E-state index in [1.54, 1.807) is 7.02 Å². The van der Waals surface area contributed by atoms with Gasteiger partial charge in [0.25, 0.3) is 0 Å². The second-order valence-corrected chi connectivity index (χ2v) is 10.4. The van der Waals surface area contributed by atoms with Gasteiger partial charge in [-0.25, -0.2) is 0 Å². The van der Waals surface area contributed by atoms with E-state index in [1.807, 2.05) is 0 Å². The van der Waals surface area contributed by atoms with Crippen molar-refractivity contribution < 1.29 is 0 Å². The van der Waals surface area contributed by atoms with Crippen LogP contribution in [0.1, 0.15) is 11.1 Å². The van der Waals surface area contributed by atoms with E-state index in [0.717, 1.165) is 0 Å². The molecule has 2 aromatic rings. The molecule has 0 aliphatic heterocycles. The number of hydrogen-bond acceptors (Lipinski definition) is 0. The molecule has 0 atom stereocenters. The van der Waals surface area contributed by atoms with E-state index in [1.165, 1.54) is 11.1 Å². The quantitative estimate of drug-likeness (QED) is 0.747. The minimum absolute atomic E-state index is 1.35. The molecule has 0 aliphatic rings. The van der Waals surface area contributed by atoms with Gasteiger partial charge >= 0.3 is 106 Å². The summed E-state index contributed by atoms with van der Waals surface area (Å²) in [5.74, 6) is 0. The van der Waals surface area contributed by atoms with Crippen LogP contribution in [0.4, 0.5) is 0 Å². The molecule has 16 heavy (non-hydrogen) atoms. The molecule has 0 amide bonds. The van der Waals surface area contributed by atoms with Gasteiger partial charge < -0.3 is 0 Å². The molecule has 0 spiro atoms. The summed E-state index contributed by atoms with van der Waals surface area (Å²) in [5.41, 5.74) is 2.70. The molecule has 0 saturated heterocycles. The predicted molar refractivity (Wildman–Crippen MR) is 73.2 cm³/mol. The molecule has 2 aromatic carbocycles. The average Bonchev–Trinajstić information content (AvgIpc) is 2.30. The fraction of sp³-hybridized carbons (Fsp3) is 0.200.